The molecule has 0 aromatic carbocycles. The summed E-state index contributed by atoms with van der Waals surface area (Å²) in [5, 5.41) is 10.6. The van der Waals surface area contributed by atoms with Crippen molar-refractivity contribution in [1.82, 2.24) is 20.4 Å². The third-order valence-corrected chi connectivity index (χ3v) is 3.59. The summed E-state index contributed by atoms with van der Waals surface area (Å²) < 4.78 is 0. The smallest absolute Gasteiger partial charge is 0.272 e. The summed E-state index contributed by atoms with van der Waals surface area (Å²) in [6.45, 7) is 3.16. The fourth-order valence-electron chi connectivity index (χ4n) is 2.21. The molecular weight excluding hydrogens is 244 g/mol. The Morgan fingerprint density at radius 1 is 1.47 bits per heavy atom. The Labute approximate surface area is 112 Å². The molecule has 2 heterocycles. The Morgan fingerprint density at radius 3 is 2.84 bits per heavy atom. The van der Waals surface area contributed by atoms with Crippen molar-refractivity contribution in [1.29, 1.82) is 0 Å². The average Bonchev–Trinajstić information content (AvgIpc) is 2.43. The first-order valence-electron chi connectivity index (χ1n) is 6.41. The van der Waals surface area contributed by atoms with Crippen LogP contribution < -0.4 is 16.6 Å². The van der Waals surface area contributed by atoms with Crippen molar-refractivity contribution in [2.45, 2.75) is 31.8 Å². The van der Waals surface area contributed by atoms with Crippen molar-refractivity contribution < 1.29 is 4.79 Å². The van der Waals surface area contributed by atoms with E-state index in [0.717, 1.165) is 19.4 Å². The maximum absolute atomic E-state index is 12.0. The Bertz CT molecular complexity index is 434. The van der Waals surface area contributed by atoms with Crippen molar-refractivity contribution >= 4 is 11.7 Å². The molecule has 1 saturated heterocycles. The van der Waals surface area contributed by atoms with E-state index in [2.05, 4.69) is 39.8 Å². The number of carbonyl (C=O) groups excluding carboxylic acids is 1. The van der Waals surface area contributed by atoms with Crippen LogP contribution in [-0.4, -0.2) is 46.7 Å². The van der Waals surface area contributed by atoms with E-state index in [4.69, 9.17) is 5.84 Å². The summed E-state index contributed by atoms with van der Waals surface area (Å²) in [5.74, 6) is 5.45. The fraction of sp³-hybridized carbons (Fsp3) is 0.583. The lowest BCUT2D eigenvalue weighted by Gasteiger charge is -2.35. The third-order valence-electron chi connectivity index (χ3n) is 3.59. The molecular formula is C12H20N6O. The number of nitrogen functional groups attached to an aromatic ring is 1. The van der Waals surface area contributed by atoms with E-state index in [1.165, 1.54) is 0 Å². The van der Waals surface area contributed by atoms with Gasteiger partial charge in [-0.3, -0.25) is 4.79 Å². The lowest BCUT2D eigenvalue weighted by Crippen LogP contribution is -2.47. The van der Waals surface area contributed by atoms with Gasteiger partial charge >= 0.3 is 0 Å². The number of aromatic nitrogens is 2. The first-order chi connectivity index (χ1) is 9.10. The van der Waals surface area contributed by atoms with Crippen molar-refractivity contribution in [3.63, 3.8) is 0 Å². The lowest BCUT2D eigenvalue weighted by molar-refractivity contribution is 0.0890. The molecule has 0 spiro atoms. The molecule has 1 aliphatic rings. The van der Waals surface area contributed by atoms with Crippen LogP contribution in [-0.2, 0) is 0 Å². The summed E-state index contributed by atoms with van der Waals surface area (Å²) in [6, 6.07) is 3.91. The van der Waals surface area contributed by atoms with Gasteiger partial charge in [0.05, 0.1) is 0 Å². The number of nitrogens with zero attached hydrogens (tertiary/aromatic N) is 3. The second kappa shape index (κ2) is 5.94. The summed E-state index contributed by atoms with van der Waals surface area (Å²) in [7, 11) is 2.10. The number of piperidine rings is 1. The van der Waals surface area contributed by atoms with Gasteiger partial charge in [-0.1, -0.05) is 0 Å². The lowest BCUT2D eigenvalue weighted by atomic mass is 9.99. The van der Waals surface area contributed by atoms with E-state index in [0.29, 0.717) is 17.6 Å². The minimum Gasteiger partial charge on any atom is -0.348 e. The number of nitrogens with two attached hydrogens (primary N) is 1. The normalized spacial score (nSPS) is 23.9. The number of anilines is 1. The van der Waals surface area contributed by atoms with Gasteiger partial charge in [0, 0.05) is 18.6 Å². The quantitative estimate of drug-likeness (QED) is 0.524. The molecule has 1 fully saturated rings. The second-order valence-electron chi connectivity index (χ2n) is 4.97. The van der Waals surface area contributed by atoms with E-state index >= 15 is 0 Å². The van der Waals surface area contributed by atoms with Gasteiger partial charge in [-0.05, 0) is 38.9 Å². The molecule has 4 N–H and O–H groups in total. The number of likely N-dealkylation sites (tertiary alicyclic amines) is 1. The molecule has 0 aliphatic carbocycles. The van der Waals surface area contributed by atoms with Crippen LogP contribution in [0.2, 0.25) is 0 Å². The summed E-state index contributed by atoms with van der Waals surface area (Å²) >= 11 is 0. The molecule has 2 atom stereocenters. The van der Waals surface area contributed by atoms with Crippen molar-refractivity contribution in [3.05, 3.63) is 17.8 Å². The minimum absolute atomic E-state index is 0.183. The monoisotopic (exact) mass is 264 g/mol. The Hall–Kier alpha value is -1.73. The minimum atomic E-state index is -0.183. The van der Waals surface area contributed by atoms with E-state index in [9.17, 15) is 4.79 Å². The largest absolute Gasteiger partial charge is 0.348 e. The molecule has 2 unspecified atom stereocenters. The predicted octanol–water partition coefficient (Wildman–Crippen LogP) is -0.0253. The molecule has 7 heteroatoms. The molecule has 0 bridgehead atoms. The van der Waals surface area contributed by atoms with Gasteiger partial charge in [0.15, 0.2) is 11.5 Å². The summed E-state index contributed by atoms with van der Waals surface area (Å²) in [6.07, 6.45) is 1.92. The number of hydrogen-bond acceptors (Lipinski definition) is 6. The fourth-order valence-corrected chi connectivity index (χ4v) is 2.21. The zero-order valence-electron chi connectivity index (χ0n) is 11.3. The topological polar surface area (TPSA) is 96.2 Å². The van der Waals surface area contributed by atoms with Crippen LogP contribution in [0.1, 0.15) is 30.3 Å². The predicted molar refractivity (Wildman–Crippen MR) is 72.4 cm³/mol. The number of amides is 1. The number of hydrazine groups is 1. The molecule has 1 amide bonds. The Balaban J connectivity index is 1.93. The van der Waals surface area contributed by atoms with Gasteiger partial charge in [0.2, 0.25) is 0 Å². The van der Waals surface area contributed by atoms with E-state index < -0.39 is 0 Å². The van der Waals surface area contributed by atoms with Crippen LogP contribution in [0.15, 0.2) is 12.1 Å². The molecule has 0 radical (unpaired) electrons. The molecule has 7 nitrogen and oxygen atoms in total. The molecule has 0 saturated carbocycles. The second-order valence-corrected chi connectivity index (χ2v) is 4.97. The summed E-state index contributed by atoms with van der Waals surface area (Å²) in [5.41, 5.74) is 2.69. The van der Waals surface area contributed by atoms with Gasteiger partial charge in [-0.15, -0.1) is 10.2 Å². The van der Waals surface area contributed by atoms with Crippen LogP contribution >= 0.6 is 0 Å². The first-order valence-corrected chi connectivity index (χ1v) is 6.41. The van der Waals surface area contributed by atoms with Crippen LogP contribution in [0.4, 0.5) is 5.82 Å². The highest BCUT2D eigenvalue weighted by Gasteiger charge is 2.24. The molecule has 2 rings (SSSR count). The van der Waals surface area contributed by atoms with E-state index in [1.54, 1.807) is 12.1 Å². The van der Waals surface area contributed by atoms with Gasteiger partial charge in [-0.2, -0.15) is 0 Å². The van der Waals surface area contributed by atoms with E-state index in [-0.39, 0.29) is 11.9 Å². The third kappa shape index (κ3) is 3.39. The number of rotatable bonds is 3. The van der Waals surface area contributed by atoms with Crippen molar-refractivity contribution in [2.24, 2.45) is 5.84 Å². The zero-order chi connectivity index (χ0) is 13.8. The zero-order valence-corrected chi connectivity index (χ0v) is 11.3. The molecule has 104 valence electrons. The first kappa shape index (κ1) is 13.7. The molecule has 19 heavy (non-hydrogen) atoms. The average molecular weight is 264 g/mol. The SMILES string of the molecule is CC1CC(NC(=O)c2ccc(NN)nn2)CCN1C. The Morgan fingerprint density at radius 2 is 2.26 bits per heavy atom. The highest BCUT2D eigenvalue weighted by molar-refractivity contribution is 5.92. The Kier molecular flexibility index (Phi) is 4.28. The highest BCUT2D eigenvalue weighted by atomic mass is 16.2. The van der Waals surface area contributed by atoms with Gasteiger partial charge < -0.3 is 15.6 Å². The highest BCUT2D eigenvalue weighted by Crippen LogP contribution is 2.15. The standard InChI is InChI=1S/C12H20N6O/c1-8-7-9(5-6-18(8)2)14-12(19)10-3-4-11(15-13)17-16-10/h3-4,8-9H,5-7,13H2,1-2H3,(H,14,19)(H,15,17). The molecule has 1 aliphatic heterocycles. The van der Waals surface area contributed by atoms with Gasteiger partial charge in [0.25, 0.3) is 5.91 Å². The molecule has 1 aromatic heterocycles. The van der Waals surface area contributed by atoms with Crippen LogP contribution in [0, 0.1) is 0 Å². The van der Waals surface area contributed by atoms with Gasteiger partial charge in [-0.25, -0.2) is 5.84 Å². The molecule has 1 aromatic rings. The van der Waals surface area contributed by atoms with Crippen molar-refractivity contribution in [2.75, 3.05) is 19.0 Å². The number of hydrogen-bond donors (Lipinski definition) is 3. The van der Waals surface area contributed by atoms with Crippen molar-refractivity contribution in [3.8, 4) is 0 Å². The maximum Gasteiger partial charge on any atom is 0.272 e. The summed E-state index contributed by atoms with van der Waals surface area (Å²) in [4.78, 5) is 14.3. The van der Waals surface area contributed by atoms with Crippen LogP contribution in [0.3, 0.4) is 0 Å². The number of carbonyl (C=O) groups is 1. The van der Waals surface area contributed by atoms with Crippen LogP contribution in [0.25, 0.3) is 0 Å². The van der Waals surface area contributed by atoms with Gasteiger partial charge in [0.1, 0.15) is 0 Å². The number of nitrogens with one attached hydrogen (secondary N) is 2. The van der Waals surface area contributed by atoms with Crippen LogP contribution in [0.5, 0.6) is 0 Å². The maximum atomic E-state index is 12.0. The van der Waals surface area contributed by atoms with E-state index in [1.807, 2.05) is 0 Å².